The normalized spacial score (nSPS) is 15.6. The van der Waals surface area contributed by atoms with Crippen molar-refractivity contribution in [3.63, 3.8) is 0 Å². The summed E-state index contributed by atoms with van der Waals surface area (Å²) >= 11 is 1.32. The first-order valence-electron chi connectivity index (χ1n) is 11.4. The molecule has 8 heteroatoms. The lowest BCUT2D eigenvalue weighted by Gasteiger charge is -2.25. The number of nitrogens with zero attached hydrogens (tertiary/aromatic N) is 4. The number of amides is 1. The number of thiazole rings is 1. The molecule has 1 aliphatic rings. The van der Waals surface area contributed by atoms with Gasteiger partial charge in [0.2, 0.25) is 0 Å². The minimum absolute atomic E-state index is 0.180. The molecule has 35 heavy (non-hydrogen) atoms. The van der Waals surface area contributed by atoms with Crippen molar-refractivity contribution in [1.29, 1.82) is 0 Å². The largest absolute Gasteiger partial charge is 0.322 e. The quantitative estimate of drug-likeness (QED) is 0.472. The molecule has 1 atom stereocenters. The van der Waals surface area contributed by atoms with Crippen LogP contribution in [-0.4, -0.2) is 20.3 Å². The summed E-state index contributed by atoms with van der Waals surface area (Å²) in [5.41, 5.74) is 4.26. The lowest BCUT2D eigenvalue weighted by molar-refractivity contribution is -0.113. The molecule has 0 aliphatic carbocycles. The molecule has 4 aromatic rings. The molecule has 0 unspecified atom stereocenters. The molecular formula is C27H25N5O2S. The smallest absolute Gasteiger partial charge is 0.271 e. The Bertz CT molecular complexity index is 1630. The standard InChI is InChI=1S/C27H25N5O2S/c1-4-31-16-19(15-28-31)14-22-26(34)32-24(20-11-6-5-7-12-20)23(18(3)29-27(32)35-22)25(33)30-21-13-9-8-10-17(21)2/h5-16,24H,4H2,1-3H3,(H,30,33)/b22-14+/t24-/m1/s1. The van der Waals surface area contributed by atoms with Crippen molar-refractivity contribution in [2.24, 2.45) is 4.99 Å². The van der Waals surface area contributed by atoms with Crippen molar-refractivity contribution in [1.82, 2.24) is 14.3 Å². The molecule has 0 saturated carbocycles. The molecule has 0 radical (unpaired) electrons. The summed E-state index contributed by atoms with van der Waals surface area (Å²) in [6.07, 6.45) is 5.47. The van der Waals surface area contributed by atoms with E-state index in [2.05, 4.69) is 10.4 Å². The van der Waals surface area contributed by atoms with Crippen molar-refractivity contribution >= 4 is 29.0 Å². The zero-order chi connectivity index (χ0) is 24.5. The number of anilines is 1. The first-order chi connectivity index (χ1) is 17.0. The Balaban J connectivity index is 1.65. The highest BCUT2D eigenvalue weighted by Crippen LogP contribution is 2.31. The number of rotatable bonds is 5. The molecule has 1 aliphatic heterocycles. The molecule has 2 aromatic heterocycles. The van der Waals surface area contributed by atoms with Crippen LogP contribution in [-0.2, 0) is 11.3 Å². The van der Waals surface area contributed by atoms with Gasteiger partial charge in [0.25, 0.3) is 11.5 Å². The number of fused-ring (bicyclic) bond motifs is 1. The maximum atomic E-state index is 13.7. The molecule has 7 nitrogen and oxygen atoms in total. The highest BCUT2D eigenvalue weighted by molar-refractivity contribution is 7.07. The van der Waals surface area contributed by atoms with E-state index in [0.717, 1.165) is 28.9 Å². The summed E-state index contributed by atoms with van der Waals surface area (Å²) < 4.78 is 4.00. The van der Waals surface area contributed by atoms with E-state index < -0.39 is 6.04 Å². The molecular weight excluding hydrogens is 458 g/mol. The summed E-state index contributed by atoms with van der Waals surface area (Å²) in [6, 6.07) is 16.7. The SMILES string of the molecule is CCn1cc(/C=c2/sc3n(c2=O)[C@H](c2ccccc2)C(C(=O)Nc2ccccc2C)=C(C)N=3)cn1. The van der Waals surface area contributed by atoms with Gasteiger partial charge in [0.1, 0.15) is 0 Å². The number of carbonyl (C=O) groups is 1. The van der Waals surface area contributed by atoms with E-state index in [-0.39, 0.29) is 11.5 Å². The number of aryl methyl sites for hydroxylation is 2. The number of para-hydroxylation sites is 1. The van der Waals surface area contributed by atoms with E-state index in [1.807, 2.05) is 92.3 Å². The molecule has 3 heterocycles. The minimum atomic E-state index is -0.586. The van der Waals surface area contributed by atoms with Crippen molar-refractivity contribution < 1.29 is 4.79 Å². The van der Waals surface area contributed by atoms with Crippen LogP contribution < -0.4 is 20.2 Å². The molecule has 176 valence electrons. The Kier molecular flexibility index (Phi) is 6.05. The molecule has 2 aromatic carbocycles. The van der Waals surface area contributed by atoms with Gasteiger partial charge in [-0.25, -0.2) is 4.99 Å². The lowest BCUT2D eigenvalue weighted by Crippen LogP contribution is -2.40. The molecule has 0 bridgehead atoms. The van der Waals surface area contributed by atoms with Crippen molar-refractivity contribution in [2.45, 2.75) is 33.4 Å². The van der Waals surface area contributed by atoms with Gasteiger partial charge in [0.15, 0.2) is 4.80 Å². The van der Waals surface area contributed by atoms with Crippen LogP contribution in [0.5, 0.6) is 0 Å². The molecule has 1 N–H and O–H groups in total. The maximum absolute atomic E-state index is 13.7. The van der Waals surface area contributed by atoms with Crippen molar-refractivity contribution in [2.75, 3.05) is 5.32 Å². The van der Waals surface area contributed by atoms with E-state index in [0.29, 0.717) is 20.6 Å². The third-order valence-electron chi connectivity index (χ3n) is 6.05. The average molecular weight is 484 g/mol. The van der Waals surface area contributed by atoms with Crippen LogP contribution in [0.2, 0.25) is 0 Å². The van der Waals surface area contributed by atoms with E-state index in [4.69, 9.17) is 4.99 Å². The van der Waals surface area contributed by atoms with Gasteiger partial charge in [0.05, 0.1) is 28.0 Å². The average Bonchev–Trinajstić information content (AvgIpc) is 3.44. The predicted octanol–water partition coefficient (Wildman–Crippen LogP) is 3.40. The van der Waals surface area contributed by atoms with Crippen LogP contribution in [0.25, 0.3) is 6.08 Å². The fourth-order valence-corrected chi connectivity index (χ4v) is 5.29. The zero-order valence-corrected chi connectivity index (χ0v) is 20.5. The van der Waals surface area contributed by atoms with E-state index in [9.17, 15) is 9.59 Å². The molecule has 0 fully saturated rings. The first kappa shape index (κ1) is 22.7. The lowest BCUT2D eigenvalue weighted by atomic mass is 9.95. The molecule has 0 spiro atoms. The van der Waals surface area contributed by atoms with Gasteiger partial charge in [0, 0.05) is 24.0 Å². The maximum Gasteiger partial charge on any atom is 0.271 e. The topological polar surface area (TPSA) is 81.3 Å². The Hall–Kier alpha value is -4.04. The summed E-state index contributed by atoms with van der Waals surface area (Å²) in [7, 11) is 0. The number of benzene rings is 2. The Morgan fingerprint density at radius 1 is 1.11 bits per heavy atom. The number of allylic oxidation sites excluding steroid dienone is 1. The second-order valence-electron chi connectivity index (χ2n) is 8.39. The van der Waals surface area contributed by atoms with Gasteiger partial charge < -0.3 is 5.32 Å². The fourth-order valence-electron chi connectivity index (χ4n) is 4.24. The third-order valence-corrected chi connectivity index (χ3v) is 7.03. The third kappa shape index (κ3) is 4.28. The van der Waals surface area contributed by atoms with Crippen molar-refractivity contribution in [3.8, 4) is 0 Å². The van der Waals surface area contributed by atoms with Crippen LogP contribution in [0.1, 0.15) is 36.6 Å². The zero-order valence-electron chi connectivity index (χ0n) is 19.7. The molecule has 1 amide bonds. The van der Waals surface area contributed by atoms with E-state index in [1.54, 1.807) is 10.8 Å². The van der Waals surface area contributed by atoms with Crippen LogP contribution in [0.15, 0.2) is 88.0 Å². The van der Waals surface area contributed by atoms with Crippen molar-refractivity contribution in [3.05, 3.63) is 115 Å². The number of aromatic nitrogens is 3. The highest BCUT2D eigenvalue weighted by Gasteiger charge is 2.32. The van der Waals surface area contributed by atoms with Crippen LogP contribution >= 0.6 is 11.3 Å². The van der Waals surface area contributed by atoms with Gasteiger partial charge >= 0.3 is 0 Å². The second-order valence-corrected chi connectivity index (χ2v) is 9.40. The molecule has 5 rings (SSSR count). The van der Waals surface area contributed by atoms with Gasteiger partial charge in [-0.1, -0.05) is 59.9 Å². The monoisotopic (exact) mass is 483 g/mol. The number of hydrogen-bond acceptors (Lipinski definition) is 5. The number of carbonyl (C=O) groups excluding carboxylic acids is 1. The van der Waals surface area contributed by atoms with Gasteiger partial charge in [-0.3, -0.25) is 18.8 Å². The first-order valence-corrected chi connectivity index (χ1v) is 12.2. The Morgan fingerprint density at radius 3 is 2.57 bits per heavy atom. The summed E-state index contributed by atoms with van der Waals surface area (Å²) in [6.45, 7) is 6.53. The predicted molar refractivity (Wildman–Crippen MR) is 138 cm³/mol. The summed E-state index contributed by atoms with van der Waals surface area (Å²) in [4.78, 5) is 32.5. The van der Waals surface area contributed by atoms with E-state index >= 15 is 0 Å². The second kappa shape index (κ2) is 9.31. The van der Waals surface area contributed by atoms with Gasteiger partial charge in [-0.15, -0.1) is 0 Å². The summed E-state index contributed by atoms with van der Waals surface area (Å²) in [5.74, 6) is -0.270. The van der Waals surface area contributed by atoms with Crippen LogP contribution in [0.4, 0.5) is 5.69 Å². The number of hydrogen-bond donors (Lipinski definition) is 1. The Labute approximate surface area is 206 Å². The van der Waals surface area contributed by atoms with Gasteiger partial charge in [-0.05, 0) is 44.0 Å². The highest BCUT2D eigenvalue weighted by atomic mass is 32.1. The van der Waals surface area contributed by atoms with Crippen LogP contribution in [0.3, 0.4) is 0 Å². The van der Waals surface area contributed by atoms with Crippen LogP contribution in [0, 0.1) is 6.92 Å². The van der Waals surface area contributed by atoms with E-state index in [1.165, 1.54) is 11.3 Å². The molecule has 0 saturated heterocycles. The van der Waals surface area contributed by atoms with Gasteiger partial charge in [-0.2, -0.15) is 5.10 Å². The minimum Gasteiger partial charge on any atom is -0.322 e. The number of nitrogens with one attached hydrogen (secondary N) is 1. The Morgan fingerprint density at radius 2 is 1.86 bits per heavy atom. The summed E-state index contributed by atoms with van der Waals surface area (Å²) in [5, 5.41) is 7.32. The fraction of sp³-hybridized carbons (Fsp3) is 0.185.